The summed E-state index contributed by atoms with van der Waals surface area (Å²) in [5.74, 6) is -1.57. The van der Waals surface area contributed by atoms with Crippen molar-refractivity contribution < 1.29 is 18.8 Å². The predicted molar refractivity (Wildman–Crippen MR) is 126 cm³/mol. The molecule has 1 heterocycles. The highest BCUT2D eigenvalue weighted by Crippen LogP contribution is 2.23. The molecule has 0 radical (unpaired) electrons. The van der Waals surface area contributed by atoms with Crippen LogP contribution >= 0.6 is 0 Å². The Morgan fingerprint density at radius 2 is 1.65 bits per heavy atom. The number of rotatable bonds is 6. The van der Waals surface area contributed by atoms with Crippen LogP contribution in [0.25, 0.3) is 0 Å². The molecule has 3 amide bonds. The van der Waals surface area contributed by atoms with Crippen LogP contribution in [0.2, 0.25) is 0 Å². The van der Waals surface area contributed by atoms with Gasteiger partial charge in [-0.3, -0.25) is 14.4 Å². The molecule has 3 N–H and O–H groups in total. The highest BCUT2D eigenvalue weighted by molar-refractivity contribution is 5.99. The van der Waals surface area contributed by atoms with Gasteiger partial charge in [0.2, 0.25) is 5.91 Å². The Balaban J connectivity index is 1.51. The minimum absolute atomic E-state index is 0.0414. The summed E-state index contributed by atoms with van der Waals surface area (Å²) < 4.78 is 13.8. The van der Waals surface area contributed by atoms with Crippen LogP contribution in [0.5, 0.6) is 0 Å². The van der Waals surface area contributed by atoms with Crippen molar-refractivity contribution in [1.29, 1.82) is 0 Å². The van der Waals surface area contributed by atoms with E-state index in [4.69, 9.17) is 5.73 Å². The second-order valence-corrected chi connectivity index (χ2v) is 9.08. The number of hydrogen-bond donors (Lipinski definition) is 2. The molecular formula is C26H31FN4O3. The molecule has 2 aromatic carbocycles. The largest absolute Gasteiger partial charge is 0.350 e. The molecule has 2 aromatic rings. The van der Waals surface area contributed by atoms with Crippen molar-refractivity contribution in [2.45, 2.75) is 56.8 Å². The van der Waals surface area contributed by atoms with Crippen LogP contribution in [-0.4, -0.2) is 58.9 Å². The Labute approximate surface area is 199 Å². The molecule has 7 nitrogen and oxygen atoms in total. The van der Waals surface area contributed by atoms with Gasteiger partial charge in [0.1, 0.15) is 5.82 Å². The fraction of sp³-hybridized carbons (Fsp3) is 0.423. The average Bonchev–Trinajstić information content (AvgIpc) is 3.29. The second-order valence-electron chi connectivity index (χ2n) is 9.08. The van der Waals surface area contributed by atoms with Gasteiger partial charge >= 0.3 is 0 Å². The topological polar surface area (TPSA) is 95.7 Å². The number of nitrogens with two attached hydrogens (primary N) is 1. The van der Waals surface area contributed by atoms with E-state index in [0.717, 1.165) is 37.3 Å². The van der Waals surface area contributed by atoms with Crippen LogP contribution in [0.15, 0.2) is 54.6 Å². The smallest absolute Gasteiger partial charge is 0.264 e. The van der Waals surface area contributed by atoms with Gasteiger partial charge < -0.3 is 20.9 Å². The molecule has 0 spiro atoms. The molecule has 1 saturated heterocycles. The molecule has 180 valence electrons. The average molecular weight is 467 g/mol. The van der Waals surface area contributed by atoms with E-state index >= 15 is 0 Å². The van der Waals surface area contributed by atoms with Gasteiger partial charge in [-0.05, 0) is 55.9 Å². The summed E-state index contributed by atoms with van der Waals surface area (Å²) in [5, 5.41) is 3.03. The minimum atomic E-state index is -1.06. The summed E-state index contributed by atoms with van der Waals surface area (Å²) in [4.78, 5) is 42.6. The van der Waals surface area contributed by atoms with Crippen LogP contribution in [0.3, 0.4) is 0 Å². The number of nitrogens with zero attached hydrogens (tertiary/aromatic N) is 2. The van der Waals surface area contributed by atoms with Crippen molar-refractivity contribution in [2.75, 3.05) is 13.1 Å². The summed E-state index contributed by atoms with van der Waals surface area (Å²) in [5.41, 5.74) is 7.16. The highest BCUT2D eigenvalue weighted by atomic mass is 19.1. The van der Waals surface area contributed by atoms with E-state index in [9.17, 15) is 18.8 Å². The standard InChI is InChI=1S/C26H31FN4O3/c27-20-8-4-7-19(17-20)26(34)31-16-15-30(23(32)14-9-18-5-2-1-3-6-18)25(31)24(33)29-22-12-10-21(28)11-13-22/h1-8,17,21-22,25H,9-16,28H2,(H,29,33). The summed E-state index contributed by atoms with van der Waals surface area (Å²) in [6.45, 7) is 0.461. The monoisotopic (exact) mass is 466 g/mol. The van der Waals surface area contributed by atoms with Gasteiger partial charge in [0, 0.05) is 37.2 Å². The first-order valence-corrected chi connectivity index (χ1v) is 11.9. The number of hydrogen-bond acceptors (Lipinski definition) is 4. The van der Waals surface area contributed by atoms with Gasteiger partial charge in [-0.1, -0.05) is 36.4 Å². The van der Waals surface area contributed by atoms with Crippen LogP contribution in [-0.2, 0) is 16.0 Å². The lowest BCUT2D eigenvalue weighted by Crippen LogP contribution is -2.56. The lowest BCUT2D eigenvalue weighted by molar-refractivity contribution is -0.141. The molecule has 1 saturated carbocycles. The Kier molecular flexibility index (Phi) is 7.57. The number of carbonyl (C=O) groups is 3. The Hall–Kier alpha value is -3.26. The number of halogens is 1. The lowest BCUT2D eigenvalue weighted by atomic mass is 9.92. The number of benzene rings is 2. The second kappa shape index (κ2) is 10.8. The Bertz CT molecular complexity index is 1020. The zero-order valence-electron chi connectivity index (χ0n) is 19.2. The third-order valence-corrected chi connectivity index (χ3v) is 6.65. The van der Waals surface area contributed by atoms with E-state index in [0.29, 0.717) is 6.42 Å². The zero-order chi connectivity index (χ0) is 24.1. The maximum atomic E-state index is 13.8. The van der Waals surface area contributed by atoms with Crippen molar-refractivity contribution in [1.82, 2.24) is 15.1 Å². The van der Waals surface area contributed by atoms with Crippen LogP contribution in [0.4, 0.5) is 4.39 Å². The predicted octanol–water partition coefficient (Wildman–Crippen LogP) is 2.46. The van der Waals surface area contributed by atoms with Gasteiger partial charge in [0.05, 0.1) is 0 Å². The van der Waals surface area contributed by atoms with Crippen molar-refractivity contribution >= 4 is 17.7 Å². The van der Waals surface area contributed by atoms with Gasteiger partial charge in [-0.25, -0.2) is 4.39 Å². The zero-order valence-corrected chi connectivity index (χ0v) is 19.2. The molecular weight excluding hydrogens is 435 g/mol. The van der Waals surface area contributed by atoms with Crippen LogP contribution < -0.4 is 11.1 Å². The van der Waals surface area contributed by atoms with E-state index in [1.807, 2.05) is 30.3 Å². The minimum Gasteiger partial charge on any atom is -0.350 e. The maximum absolute atomic E-state index is 13.8. The molecule has 1 unspecified atom stereocenters. The summed E-state index contributed by atoms with van der Waals surface area (Å²) in [7, 11) is 0. The molecule has 1 aliphatic carbocycles. The molecule has 8 heteroatoms. The first-order chi connectivity index (χ1) is 16.4. The van der Waals surface area contributed by atoms with E-state index in [1.54, 1.807) is 0 Å². The molecule has 0 bridgehead atoms. The van der Waals surface area contributed by atoms with Crippen molar-refractivity contribution in [3.8, 4) is 0 Å². The lowest BCUT2D eigenvalue weighted by Gasteiger charge is -2.33. The highest BCUT2D eigenvalue weighted by Gasteiger charge is 2.43. The van der Waals surface area contributed by atoms with E-state index < -0.39 is 17.9 Å². The number of nitrogens with one attached hydrogen (secondary N) is 1. The molecule has 2 aliphatic rings. The molecule has 1 atom stereocenters. The molecule has 0 aromatic heterocycles. The quantitative estimate of drug-likeness (QED) is 0.684. The molecule has 1 aliphatic heterocycles. The fourth-order valence-corrected chi connectivity index (χ4v) is 4.75. The first-order valence-electron chi connectivity index (χ1n) is 11.9. The summed E-state index contributed by atoms with van der Waals surface area (Å²) in [6.07, 6.45) is 2.88. The van der Waals surface area contributed by atoms with Gasteiger partial charge in [0.15, 0.2) is 6.17 Å². The third-order valence-electron chi connectivity index (χ3n) is 6.65. The molecule has 34 heavy (non-hydrogen) atoms. The summed E-state index contributed by atoms with van der Waals surface area (Å²) in [6, 6.07) is 15.2. The molecule has 4 rings (SSSR count). The van der Waals surface area contributed by atoms with Gasteiger partial charge in [0.25, 0.3) is 11.8 Å². The van der Waals surface area contributed by atoms with Crippen molar-refractivity contribution in [3.63, 3.8) is 0 Å². The maximum Gasteiger partial charge on any atom is 0.264 e. The summed E-state index contributed by atoms with van der Waals surface area (Å²) >= 11 is 0. The van der Waals surface area contributed by atoms with Crippen molar-refractivity contribution in [3.05, 3.63) is 71.5 Å². The Morgan fingerprint density at radius 3 is 2.35 bits per heavy atom. The fourth-order valence-electron chi connectivity index (χ4n) is 4.75. The first kappa shape index (κ1) is 23.9. The third kappa shape index (κ3) is 5.62. The van der Waals surface area contributed by atoms with Gasteiger partial charge in [-0.2, -0.15) is 0 Å². The van der Waals surface area contributed by atoms with Crippen LogP contribution in [0.1, 0.15) is 48.0 Å². The van der Waals surface area contributed by atoms with Crippen molar-refractivity contribution in [2.24, 2.45) is 5.73 Å². The SMILES string of the molecule is NC1CCC(NC(=O)C2N(C(=O)CCc3ccccc3)CCN2C(=O)c2cccc(F)c2)CC1. The number of amides is 3. The Morgan fingerprint density at radius 1 is 0.941 bits per heavy atom. The van der Waals surface area contributed by atoms with Crippen LogP contribution in [0, 0.1) is 5.82 Å². The van der Waals surface area contributed by atoms with E-state index in [-0.39, 0.29) is 49.0 Å². The van der Waals surface area contributed by atoms with E-state index in [2.05, 4.69) is 5.32 Å². The van der Waals surface area contributed by atoms with E-state index in [1.165, 1.54) is 28.0 Å². The number of carbonyl (C=O) groups excluding carboxylic acids is 3. The van der Waals surface area contributed by atoms with Gasteiger partial charge in [-0.15, -0.1) is 0 Å². The normalized spacial score (nSPS) is 22.5. The molecule has 2 fully saturated rings. The number of aryl methyl sites for hydroxylation is 1.